The van der Waals surface area contributed by atoms with Gasteiger partial charge in [-0.3, -0.25) is 13.4 Å². The van der Waals surface area contributed by atoms with E-state index in [2.05, 4.69) is 28.9 Å². The second-order valence-electron chi connectivity index (χ2n) is 6.58. The fourth-order valence-electron chi connectivity index (χ4n) is 3.04. The molecule has 0 amide bonds. The molecule has 1 unspecified atom stereocenters. The maximum atomic E-state index is 11.2. The van der Waals surface area contributed by atoms with Crippen molar-refractivity contribution in [2.45, 2.75) is 24.5 Å². The summed E-state index contributed by atoms with van der Waals surface area (Å²) in [6.45, 7) is -0.791. The molecule has 4 rings (SSSR count). The van der Waals surface area contributed by atoms with Crippen molar-refractivity contribution in [2.24, 2.45) is 7.05 Å². The van der Waals surface area contributed by atoms with Crippen LogP contribution in [0.2, 0.25) is 0 Å². The summed E-state index contributed by atoms with van der Waals surface area (Å²) in [6.07, 6.45) is -2.94. The maximum Gasteiger partial charge on any atom is 1.00 e. The maximum absolute atomic E-state index is 11.2. The van der Waals surface area contributed by atoms with Crippen LogP contribution in [0.4, 0.5) is 0 Å². The first kappa shape index (κ1) is 34.4. The van der Waals surface area contributed by atoms with Crippen molar-refractivity contribution in [1.29, 1.82) is 0 Å². The van der Waals surface area contributed by atoms with Gasteiger partial charge in [0.1, 0.15) is 36.8 Å². The largest absolute Gasteiger partial charge is 1.00 e. The van der Waals surface area contributed by atoms with Gasteiger partial charge < -0.3 is 38.8 Å². The van der Waals surface area contributed by atoms with Gasteiger partial charge in [0.15, 0.2) is 16.5 Å². The Bertz CT molecular complexity index is 1330. The molecular formula is C12H13N6Na3O11P2S. The van der Waals surface area contributed by atoms with E-state index in [-0.39, 0.29) is 104 Å². The fourth-order valence-corrected chi connectivity index (χ4v) is 4.59. The topological polar surface area (TPSA) is 234 Å². The third-order valence-corrected chi connectivity index (χ3v) is 6.66. The van der Waals surface area contributed by atoms with Crippen LogP contribution in [0.3, 0.4) is 0 Å². The minimum Gasteiger partial charge on any atom is -0.790 e. The van der Waals surface area contributed by atoms with Crippen molar-refractivity contribution in [2.75, 3.05) is 6.61 Å². The predicted octanol–water partition coefficient (Wildman–Crippen LogP) is -12.0. The molecule has 3 aromatic rings. The van der Waals surface area contributed by atoms with Crippen molar-refractivity contribution in [3.63, 3.8) is 0 Å². The Balaban J connectivity index is 0.00000204. The Labute approximate surface area is 267 Å². The van der Waals surface area contributed by atoms with Crippen molar-refractivity contribution in [1.82, 2.24) is 28.7 Å². The van der Waals surface area contributed by atoms with Crippen molar-refractivity contribution in [3.8, 4) is 0 Å². The first-order valence-corrected chi connectivity index (χ1v) is 11.8. The smallest absolute Gasteiger partial charge is 0.790 e. The minimum atomic E-state index is -5.90. The summed E-state index contributed by atoms with van der Waals surface area (Å²) in [5.74, 6) is 0.366. The van der Waals surface area contributed by atoms with Gasteiger partial charge in [0, 0.05) is 7.05 Å². The Morgan fingerprint density at radius 1 is 1.17 bits per heavy atom. The van der Waals surface area contributed by atoms with E-state index < -0.39 is 46.8 Å². The number of aryl methyl sites for hydroxylation is 1. The number of imidazole rings is 1. The second-order valence-corrected chi connectivity index (χ2v) is 9.55. The number of hydrogen-bond acceptors (Lipinski definition) is 15. The molecule has 0 spiro atoms. The zero-order valence-electron chi connectivity index (χ0n) is 18.7. The molecule has 0 bridgehead atoms. The van der Waals surface area contributed by atoms with Crippen molar-refractivity contribution in [3.05, 3.63) is 17.3 Å². The molecule has 5 atom stereocenters. The van der Waals surface area contributed by atoms with Crippen LogP contribution in [-0.4, -0.2) is 63.8 Å². The number of aliphatic hydroxyl groups excluding tert-OH is 2. The number of rotatable bonds is 7. The van der Waals surface area contributed by atoms with Crippen LogP contribution in [0.25, 0.3) is 16.9 Å². The standard InChI is InChI=1S/C12H16N6O11P2S.3Na/c1-16-4-14-18-11(32)6-9(15-12(16)18)17(3-13-6)10-8(20)7(19)5(27-10)2-26-28-31(24,25)29-30(21,22)23;;;/h3-5,7-8,10,19-20H,2H2,1H3,(H,24,25)(H2,21,22,23);;;/q;3*+1/p-3/t5-,7-,8-,10-;;;/m1.../s1. The van der Waals surface area contributed by atoms with E-state index >= 15 is 0 Å². The van der Waals surface area contributed by atoms with Gasteiger partial charge in [0.2, 0.25) is 5.78 Å². The molecule has 0 radical (unpaired) electrons. The summed E-state index contributed by atoms with van der Waals surface area (Å²) in [5, 5.41) is 24.7. The summed E-state index contributed by atoms with van der Waals surface area (Å²) < 4.78 is 38.6. The average Bonchev–Trinajstić information content (AvgIpc) is 3.33. The number of aliphatic hydroxyl groups is 2. The first-order chi connectivity index (χ1) is 14.9. The molecule has 23 heteroatoms. The zero-order chi connectivity index (χ0) is 23.4. The minimum absolute atomic E-state index is 0. The normalized spacial score (nSPS) is 23.9. The van der Waals surface area contributed by atoms with Gasteiger partial charge in [-0.05, 0) is 0 Å². The molecule has 1 aliphatic heterocycles. The molecule has 3 aromatic heterocycles. The summed E-state index contributed by atoms with van der Waals surface area (Å²) in [6, 6.07) is 0. The van der Waals surface area contributed by atoms with Gasteiger partial charge in [-0.2, -0.15) is 19.3 Å². The fraction of sp³-hybridized carbons (Fsp3) is 0.500. The predicted molar refractivity (Wildman–Crippen MR) is 95.3 cm³/mol. The second kappa shape index (κ2) is 13.1. The van der Waals surface area contributed by atoms with Gasteiger partial charge in [-0.25, -0.2) is 9.87 Å². The van der Waals surface area contributed by atoms with E-state index in [9.17, 15) is 34.0 Å². The summed E-state index contributed by atoms with van der Waals surface area (Å²) in [7, 11) is -9.85. The van der Waals surface area contributed by atoms with Crippen LogP contribution in [0.15, 0.2) is 12.7 Å². The van der Waals surface area contributed by atoms with Crippen LogP contribution >= 0.6 is 27.9 Å². The molecule has 4 heterocycles. The summed E-state index contributed by atoms with van der Waals surface area (Å²) in [4.78, 5) is 44.8. The zero-order valence-corrected chi connectivity index (χ0v) is 27.3. The number of nitrogens with zero attached hydrogens (tertiary/aromatic N) is 6. The van der Waals surface area contributed by atoms with Crippen molar-refractivity contribution >= 4 is 44.8 Å². The number of ether oxygens (including phenoxy) is 1. The van der Waals surface area contributed by atoms with E-state index in [1.165, 1.54) is 21.7 Å². The van der Waals surface area contributed by atoms with Crippen LogP contribution in [0.1, 0.15) is 6.23 Å². The van der Waals surface area contributed by atoms with E-state index in [1.807, 2.05) is 0 Å². The van der Waals surface area contributed by atoms with Gasteiger partial charge in [0.05, 0.1) is 14.2 Å². The average molecular weight is 580 g/mol. The van der Waals surface area contributed by atoms with Crippen LogP contribution in [0, 0.1) is 4.64 Å². The Morgan fingerprint density at radius 3 is 2.46 bits per heavy atom. The number of fused-ring (bicyclic) bond motifs is 2. The summed E-state index contributed by atoms with van der Waals surface area (Å²) in [5.41, 5.74) is 0.486. The molecule has 1 aliphatic rings. The molecule has 0 aromatic carbocycles. The molecule has 35 heavy (non-hydrogen) atoms. The van der Waals surface area contributed by atoms with Gasteiger partial charge >= 0.3 is 96.5 Å². The van der Waals surface area contributed by atoms with Crippen LogP contribution < -0.4 is 103 Å². The molecule has 0 aliphatic carbocycles. The molecule has 17 nitrogen and oxygen atoms in total. The summed E-state index contributed by atoms with van der Waals surface area (Å²) >= 11 is 5.35. The molecule has 1 fully saturated rings. The molecule has 2 N–H and O–H groups in total. The molecule has 0 saturated carbocycles. The molecule has 176 valence electrons. The number of aromatic nitrogens is 6. The monoisotopic (exact) mass is 580 g/mol. The van der Waals surface area contributed by atoms with Gasteiger partial charge in [-0.1, -0.05) is 12.2 Å². The van der Waals surface area contributed by atoms with Gasteiger partial charge in [-0.15, -0.1) is 0 Å². The van der Waals surface area contributed by atoms with E-state index in [1.54, 1.807) is 11.6 Å². The SMILES string of the molecule is Cn1cnn2c(=S)c3ncn([C@@H]4O[C@H](COOP(=O)([O-])OP(=O)([O-])[O-])[C@@H](O)[C@H]4O)c3nc12.[Na+].[Na+].[Na+]. The van der Waals surface area contributed by atoms with E-state index in [4.69, 9.17) is 17.0 Å². The van der Waals surface area contributed by atoms with E-state index in [0.29, 0.717) is 5.78 Å². The Kier molecular flexibility index (Phi) is 12.9. The quantitative estimate of drug-likeness (QED) is 0.0868. The van der Waals surface area contributed by atoms with E-state index in [0.717, 1.165) is 0 Å². The number of phosphoric acid groups is 2. The van der Waals surface area contributed by atoms with Crippen molar-refractivity contribution < 1.29 is 141 Å². The Morgan fingerprint density at radius 2 is 1.83 bits per heavy atom. The van der Waals surface area contributed by atoms with Gasteiger partial charge in [0.25, 0.3) is 0 Å². The number of hydrogen-bond donors (Lipinski definition) is 2. The third-order valence-electron chi connectivity index (χ3n) is 4.40. The molecule has 1 saturated heterocycles. The van der Waals surface area contributed by atoms with Crippen LogP contribution in [-0.2, 0) is 34.8 Å². The Hall–Kier alpha value is 1.34. The third kappa shape index (κ3) is 7.51. The first-order valence-electron chi connectivity index (χ1n) is 8.52. The molecular weight excluding hydrogens is 567 g/mol. The van der Waals surface area contributed by atoms with Crippen LogP contribution in [0.5, 0.6) is 0 Å².